The molecule has 7 nitrogen and oxygen atoms in total. The summed E-state index contributed by atoms with van der Waals surface area (Å²) in [7, 11) is 0. The molecular formula is C20H14ClN3O4. The molecule has 1 amide bonds. The highest BCUT2D eigenvalue weighted by atomic mass is 35.5. The third kappa shape index (κ3) is 2.71. The Bertz CT molecular complexity index is 1110. The predicted molar refractivity (Wildman–Crippen MR) is 102 cm³/mol. The van der Waals surface area contributed by atoms with Crippen molar-refractivity contribution in [3.8, 4) is 22.8 Å². The summed E-state index contributed by atoms with van der Waals surface area (Å²) in [6.07, 6.45) is 0.0421. The van der Waals surface area contributed by atoms with Gasteiger partial charge in [0, 0.05) is 28.1 Å². The fourth-order valence-corrected chi connectivity index (χ4v) is 3.69. The third-order valence-electron chi connectivity index (χ3n) is 4.91. The lowest BCUT2D eigenvalue weighted by Gasteiger charge is -2.22. The number of aromatic amines is 1. The van der Waals surface area contributed by atoms with E-state index in [0.717, 1.165) is 5.56 Å². The summed E-state index contributed by atoms with van der Waals surface area (Å²) in [6.45, 7) is 0.130. The van der Waals surface area contributed by atoms with Gasteiger partial charge in [-0.15, -0.1) is 0 Å². The van der Waals surface area contributed by atoms with Gasteiger partial charge < -0.3 is 14.8 Å². The highest BCUT2D eigenvalue weighted by Crippen LogP contribution is 2.41. The van der Waals surface area contributed by atoms with Crippen LogP contribution in [0.3, 0.4) is 0 Å². The van der Waals surface area contributed by atoms with Gasteiger partial charge in [0.15, 0.2) is 23.1 Å². The van der Waals surface area contributed by atoms with Gasteiger partial charge in [-0.05, 0) is 30.3 Å². The Kier molecular flexibility index (Phi) is 3.84. The minimum Gasteiger partial charge on any atom is -0.454 e. The van der Waals surface area contributed by atoms with E-state index >= 15 is 0 Å². The molecule has 0 radical (unpaired) electrons. The van der Waals surface area contributed by atoms with Gasteiger partial charge in [-0.2, -0.15) is 5.10 Å². The largest absolute Gasteiger partial charge is 0.454 e. The Morgan fingerprint density at radius 3 is 2.71 bits per heavy atom. The first-order chi connectivity index (χ1) is 13.6. The molecule has 3 heterocycles. The SMILES string of the molecule is O=C1C[C@H](C(=O)c2ccc3c(c2)OCO3)c2c(n[nH]c2-c2ccc(Cl)cc2)N1. The first-order valence-corrected chi connectivity index (χ1v) is 9.06. The number of hydrogen-bond donors (Lipinski definition) is 2. The molecule has 2 aliphatic heterocycles. The quantitative estimate of drug-likeness (QED) is 0.658. The van der Waals surface area contributed by atoms with Gasteiger partial charge in [0.1, 0.15) is 0 Å². The molecule has 2 N–H and O–H groups in total. The monoisotopic (exact) mass is 395 g/mol. The zero-order valence-electron chi connectivity index (χ0n) is 14.5. The summed E-state index contributed by atoms with van der Waals surface area (Å²) < 4.78 is 10.7. The van der Waals surface area contributed by atoms with Gasteiger partial charge in [0.05, 0.1) is 11.6 Å². The van der Waals surface area contributed by atoms with Crippen LogP contribution < -0.4 is 14.8 Å². The van der Waals surface area contributed by atoms with Crippen molar-refractivity contribution in [1.29, 1.82) is 0 Å². The minimum atomic E-state index is -0.659. The number of halogens is 1. The van der Waals surface area contributed by atoms with Gasteiger partial charge in [-0.1, -0.05) is 23.7 Å². The van der Waals surface area contributed by atoms with E-state index in [-0.39, 0.29) is 24.9 Å². The van der Waals surface area contributed by atoms with E-state index in [9.17, 15) is 9.59 Å². The number of carbonyl (C=O) groups excluding carboxylic acids is 2. The Morgan fingerprint density at radius 1 is 1.11 bits per heavy atom. The van der Waals surface area contributed by atoms with Gasteiger partial charge in [0.2, 0.25) is 12.7 Å². The molecule has 0 fully saturated rings. The summed E-state index contributed by atoms with van der Waals surface area (Å²) in [6, 6.07) is 12.3. The van der Waals surface area contributed by atoms with Crippen LogP contribution in [0.4, 0.5) is 5.82 Å². The lowest BCUT2D eigenvalue weighted by molar-refractivity contribution is -0.116. The van der Waals surface area contributed by atoms with E-state index in [1.165, 1.54) is 0 Å². The van der Waals surface area contributed by atoms with Crippen molar-refractivity contribution in [2.45, 2.75) is 12.3 Å². The highest BCUT2D eigenvalue weighted by molar-refractivity contribution is 6.30. The first-order valence-electron chi connectivity index (χ1n) is 8.68. The molecule has 0 saturated heterocycles. The summed E-state index contributed by atoms with van der Waals surface area (Å²) in [4.78, 5) is 25.5. The van der Waals surface area contributed by atoms with Crippen LogP contribution in [0.25, 0.3) is 11.3 Å². The molecule has 0 bridgehead atoms. The second kappa shape index (κ2) is 6.38. The lowest BCUT2D eigenvalue weighted by Crippen LogP contribution is -2.27. The number of rotatable bonds is 3. The van der Waals surface area contributed by atoms with Crippen molar-refractivity contribution in [2.75, 3.05) is 12.1 Å². The van der Waals surface area contributed by atoms with Crippen LogP contribution in [-0.4, -0.2) is 28.7 Å². The second-order valence-electron chi connectivity index (χ2n) is 6.60. The lowest BCUT2D eigenvalue weighted by atomic mass is 9.84. The van der Waals surface area contributed by atoms with Crippen molar-refractivity contribution in [1.82, 2.24) is 10.2 Å². The Labute approximate surface area is 164 Å². The predicted octanol–water partition coefficient (Wildman–Crippen LogP) is 3.77. The number of aromatic nitrogens is 2. The van der Waals surface area contributed by atoms with E-state index in [2.05, 4.69) is 15.5 Å². The number of benzene rings is 2. The van der Waals surface area contributed by atoms with Crippen molar-refractivity contribution in [3.05, 3.63) is 58.6 Å². The number of fused-ring (bicyclic) bond motifs is 2. The number of Topliss-reactive ketones (excluding diaryl/α,β-unsaturated/α-hetero) is 1. The summed E-state index contributed by atoms with van der Waals surface area (Å²) >= 11 is 5.98. The zero-order chi connectivity index (χ0) is 19.3. The fraction of sp³-hybridized carbons (Fsp3) is 0.150. The highest BCUT2D eigenvalue weighted by Gasteiger charge is 2.36. The Hall–Kier alpha value is -3.32. The van der Waals surface area contributed by atoms with Gasteiger partial charge in [-0.25, -0.2) is 0 Å². The second-order valence-corrected chi connectivity index (χ2v) is 7.04. The molecule has 0 unspecified atom stereocenters. The van der Waals surface area contributed by atoms with Gasteiger partial charge in [-0.3, -0.25) is 14.7 Å². The van der Waals surface area contributed by atoms with Crippen molar-refractivity contribution in [2.24, 2.45) is 0 Å². The van der Waals surface area contributed by atoms with Crippen LogP contribution in [-0.2, 0) is 4.79 Å². The van der Waals surface area contributed by atoms with Crippen molar-refractivity contribution >= 4 is 29.1 Å². The molecule has 8 heteroatoms. The number of hydrogen-bond acceptors (Lipinski definition) is 5. The Balaban J connectivity index is 1.58. The van der Waals surface area contributed by atoms with Crippen molar-refractivity contribution in [3.63, 3.8) is 0 Å². The average molecular weight is 396 g/mol. The number of anilines is 1. The van der Waals surface area contributed by atoms with Gasteiger partial charge in [0.25, 0.3) is 0 Å². The average Bonchev–Trinajstić information content (AvgIpc) is 3.33. The van der Waals surface area contributed by atoms with Gasteiger partial charge >= 0.3 is 0 Å². The number of ketones is 1. The number of carbonyl (C=O) groups is 2. The number of H-pyrrole nitrogens is 1. The number of amides is 1. The smallest absolute Gasteiger partial charge is 0.231 e. The molecule has 2 aliphatic rings. The maximum atomic E-state index is 13.3. The maximum Gasteiger partial charge on any atom is 0.231 e. The number of nitrogens with zero attached hydrogens (tertiary/aromatic N) is 1. The molecule has 2 aromatic carbocycles. The van der Waals surface area contributed by atoms with Crippen LogP contribution in [0.5, 0.6) is 11.5 Å². The molecule has 1 atom stereocenters. The first kappa shape index (κ1) is 16.8. The maximum absolute atomic E-state index is 13.3. The molecule has 140 valence electrons. The molecular weight excluding hydrogens is 382 g/mol. The minimum absolute atomic E-state index is 0.0421. The molecule has 28 heavy (non-hydrogen) atoms. The van der Waals surface area contributed by atoms with E-state index in [1.54, 1.807) is 30.3 Å². The van der Waals surface area contributed by atoms with Crippen LogP contribution in [0.15, 0.2) is 42.5 Å². The van der Waals surface area contributed by atoms with Crippen LogP contribution in [0.1, 0.15) is 28.3 Å². The zero-order valence-corrected chi connectivity index (χ0v) is 15.2. The molecule has 0 aliphatic carbocycles. The Morgan fingerprint density at radius 2 is 1.89 bits per heavy atom. The molecule has 5 rings (SSSR count). The standard InChI is InChI=1S/C20H14ClN3O4/c21-12-4-1-10(2-5-12)18-17-13(8-16(25)22-20(17)24-23-18)19(26)11-3-6-14-15(7-11)28-9-27-14/h1-7,13H,8-9H2,(H2,22,23,24,25)/t13-/m0/s1. The van der Waals surface area contributed by atoms with E-state index in [4.69, 9.17) is 21.1 Å². The fourth-order valence-electron chi connectivity index (χ4n) is 3.57. The molecule has 0 saturated carbocycles. The van der Waals surface area contributed by atoms with Crippen LogP contribution in [0.2, 0.25) is 5.02 Å². The molecule has 3 aromatic rings. The molecule has 0 spiro atoms. The van der Waals surface area contributed by atoms with Crippen LogP contribution >= 0.6 is 11.6 Å². The molecule has 1 aromatic heterocycles. The van der Waals surface area contributed by atoms with E-state index in [0.29, 0.717) is 39.2 Å². The summed E-state index contributed by atoms with van der Waals surface area (Å²) in [5.74, 6) is 0.417. The number of ether oxygens (including phenoxy) is 2. The third-order valence-corrected chi connectivity index (χ3v) is 5.16. The summed E-state index contributed by atoms with van der Waals surface area (Å²) in [5.41, 5.74) is 2.64. The van der Waals surface area contributed by atoms with Crippen molar-refractivity contribution < 1.29 is 19.1 Å². The van der Waals surface area contributed by atoms with Crippen LogP contribution in [0, 0.1) is 0 Å². The number of nitrogens with one attached hydrogen (secondary N) is 2. The van der Waals surface area contributed by atoms with E-state index < -0.39 is 5.92 Å². The van der Waals surface area contributed by atoms with E-state index in [1.807, 2.05) is 12.1 Å². The summed E-state index contributed by atoms with van der Waals surface area (Å²) in [5, 5.41) is 10.5. The topological polar surface area (TPSA) is 93.3 Å². The normalized spacial score (nSPS) is 17.2.